The molecule has 33 heavy (non-hydrogen) atoms. The van der Waals surface area contributed by atoms with Crippen molar-refractivity contribution < 1.29 is 29.3 Å². The molecule has 0 spiro atoms. The van der Waals surface area contributed by atoms with Gasteiger partial charge in [-0.25, -0.2) is 4.79 Å². The molecule has 10 nitrogen and oxygen atoms in total. The first-order valence-corrected chi connectivity index (χ1v) is 14.6. The second-order valence-corrected chi connectivity index (χ2v) is 11.4. The smallest absolute Gasteiger partial charge is 0.407 e. The molecule has 11 heteroatoms. The Morgan fingerprint density at radius 1 is 1.00 bits per heavy atom. The third-order valence-electron chi connectivity index (χ3n) is 5.87. The van der Waals surface area contributed by atoms with Gasteiger partial charge in [0.15, 0.2) is 12.2 Å². The Hall–Kier alpha value is -1.34. The van der Waals surface area contributed by atoms with Crippen LogP contribution in [0.2, 0.25) is 0 Å². The number of primary amides is 2. The van der Waals surface area contributed by atoms with Gasteiger partial charge in [0, 0.05) is 0 Å². The van der Waals surface area contributed by atoms with Crippen molar-refractivity contribution in [1.82, 2.24) is 5.32 Å². The molecule has 0 aromatic heterocycles. The average molecular weight is 584 g/mol. The van der Waals surface area contributed by atoms with E-state index in [1.54, 1.807) is 20.8 Å². The van der Waals surface area contributed by atoms with Crippen molar-refractivity contribution in [2.75, 3.05) is 4.93 Å². The molecule has 0 aliphatic heterocycles. The van der Waals surface area contributed by atoms with Crippen LogP contribution in [-0.4, -0.2) is 62.9 Å². The lowest BCUT2D eigenvalue weighted by Gasteiger charge is -2.32. The summed E-state index contributed by atoms with van der Waals surface area (Å²) in [5.41, 5.74) is 9.54. The van der Waals surface area contributed by atoms with Gasteiger partial charge >= 0.3 is 6.09 Å². The summed E-state index contributed by atoms with van der Waals surface area (Å²) >= 11 is -0.248. The average Bonchev–Trinajstić information content (AvgIpc) is 2.63. The van der Waals surface area contributed by atoms with Crippen LogP contribution in [0, 0.1) is 11.8 Å². The van der Waals surface area contributed by atoms with E-state index in [9.17, 15) is 24.6 Å². The number of halogens is 1. The molecule has 2 aliphatic rings. The van der Waals surface area contributed by atoms with Crippen LogP contribution in [0.15, 0.2) is 3.15 Å². The van der Waals surface area contributed by atoms with Gasteiger partial charge < -0.3 is 31.7 Å². The van der Waals surface area contributed by atoms with Crippen LogP contribution in [0.4, 0.5) is 4.79 Å². The Balaban J connectivity index is 0.000000346. The van der Waals surface area contributed by atoms with E-state index in [0.29, 0.717) is 18.3 Å². The van der Waals surface area contributed by atoms with Crippen molar-refractivity contribution in [1.29, 1.82) is 0 Å². The molecule has 2 fully saturated rings. The maximum absolute atomic E-state index is 11.7. The highest BCUT2D eigenvalue weighted by Crippen LogP contribution is 2.32. The third kappa shape index (κ3) is 11.6. The molecule has 4 unspecified atom stereocenters. The minimum absolute atomic E-state index is 0.240. The number of alkyl carbamates (subject to hydrolysis) is 1. The van der Waals surface area contributed by atoms with Gasteiger partial charge in [0.2, 0.25) is 11.8 Å². The number of alkyl halides is 1. The van der Waals surface area contributed by atoms with Crippen molar-refractivity contribution in [3.63, 3.8) is 0 Å². The van der Waals surface area contributed by atoms with Gasteiger partial charge in [-0.3, -0.25) is 12.7 Å². The molecule has 4 atom stereocenters. The number of carbonyl (C=O) groups excluding carboxylic acids is 3. The summed E-state index contributed by atoms with van der Waals surface area (Å²) in [5, 5.41) is 21.8. The Kier molecular flexibility index (Phi) is 12.7. The van der Waals surface area contributed by atoms with E-state index in [4.69, 9.17) is 16.2 Å². The second kappa shape index (κ2) is 14.1. The summed E-state index contributed by atoms with van der Waals surface area (Å²) in [7, 11) is 0. The highest BCUT2D eigenvalue weighted by Gasteiger charge is 2.32. The van der Waals surface area contributed by atoms with Crippen LogP contribution >= 0.6 is 21.0 Å². The monoisotopic (exact) mass is 584 g/mol. The largest absolute Gasteiger partial charge is 0.444 e. The molecular formula is C22H41IN4O6. The van der Waals surface area contributed by atoms with Gasteiger partial charge in [-0.1, -0.05) is 38.5 Å². The van der Waals surface area contributed by atoms with E-state index >= 15 is 0 Å². The lowest BCUT2D eigenvalue weighted by molar-refractivity contribution is -0.128. The Bertz CT molecular complexity index is 676. The van der Waals surface area contributed by atoms with Crippen molar-refractivity contribution in [3.8, 4) is 0 Å². The predicted molar refractivity (Wildman–Crippen MR) is 134 cm³/mol. The molecule has 0 aromatic carbocycles. The van der Waals surface area contributed by atoms with Crippen LogP contribution < -0.4 is 16.8 Å². The zero-order chi connectivity index (χ0) is 25.2. The zero-order valence-electron chi connectivity index (χ0n) is 20.1. The molecule has 2 rings (SSSR count). The van der Waals surface area contributed by atoms with Gasteiger partial charge in [-0.2, -0.15) is 0 Å². The van der Waals surface area contributed by atoms with Crippen molar-refractivity contribution in [2.24, 2.45) is 26.4 Å². The predicted octanol–water partition coefficient (Wildman–Crippen LogP) is 2.09. The fourth-order valence-electron chi connectivity index (χ4n) is 3.62. The first-order chi connectivity index (χ1) is 15.3. The summed E-state index contributed by atoms with van der Waals surface area (Å²) in [6, 6.07) is -0.923. The summed E-state index contributed by atoms with van der Waals surface area (Å²) in [6.07, 6.45) is 5.22. The quantitative estimate of drug-likeness (QED) is 0.194. The summed E-state index contributed by atoms with van der Waals surface area (Å²) < 4.78 is 9.44. The van der Waals surface area contributed by atoms with Gasteiger partial charge in [-0.15, -0.1) is 0 Å². The van der Waals surface area contributed by atoms with Crippen LogP contribution in [0.3, 0.4) is 0 Å². The normalized spacial score (nSPS) is 20.5. The highest BCUT2D eigenvalue weighted by molar-refractivity contribution is 14.2. The molecule has 0 heterocycles. The van der Waals surface area contributed by atoms with Crippen LogP contribution in [0.25, 0.3) is 0 Å². The van der Waals surface area contributed by atoms with Crippen LogP contribution in [0.5, 0.6) is 0 Å². The molecular weight excluding hydrogens is 543 g/mol. The fraction of sp³-hybridized carbons (Fsp3) is 0.864. The number of hydrogen-bond acceptors (Lipinski definition) is 7. The number of nitrogens with two attached hydrogens (primary N) is 2. The molecule has 0 bridgehead atoms. The number of amides is 3. The molecule has 7 N–H and O–H groups in total. The summed E-state index contributed by atoms with van der Waals surface area (Å²) in [5.74, 6) is -0.404. The minimum atomic E-state index is -1.38. The maximum atomic E-state index is 11.7. The van der Waals surface area contributed by atoms with Gasteiger partial charge in [0.25, 0.3) is 0 Å². The topological polar surface area (TPSA) is 177 Å². The van der Waals surface area contributed by atoms with E-state index < -0.39 is 41.8 Å². The molecule has 2 aliphatic carbocycles. The Morgan fingerprint density at radius 3 is 1.85 bits per heavy atom. The molecule has 0 radical (unpaired) electrons. The number of aliphatic hydroxyl groups excluding tert-OH is 2. The number of carbonyl (C=O) groups is 3. The standard InChI is InChI=1S/C13H24N2O4.C9H17IN2O2/c1-13(2,3)19-12(18)15-9(10(16)11(14)17)7-8-5-4-6-8;1-10-12-7(8(13)9(11)14)5-6-3-2-4-6/h8-10,16H,4-7H2,1-3H3,(H2,14,17)(H,15,18);6-8,13H,2-5H2,1H3,(H2,11,14). The van der Waals surface area contributed by atoms with Gasteiger partial charge in [-0.05, 0) is 71.4 Å². The molecule has 0 saturated heterocycles. The van der Waals surface area contributed by atoms with E-state index in [0.717, 1.165) is 25.7 Å². The van der Waals surface area contributed by atoms with E-state index in [-0.39, 0.29) is 27.1 Å². The molecule has 3 amide bonds. The van der Waals surface area contributed by atoms with Crippen molar-refractivity contribution >= 4 is 38.9 Å². The number of nitrogens with zero attached hydrogens (tertiary/aromatic N) is 1. The van der Waals surface area contributed by atoms with Crippen LogP contribution in [-0.2, 0) is 14.3 Å². The second-order valence-electron chi connectivity index (χ2n) is 9.85. The number of aliphatic hydroxyl groups is 2. The lowest BCUT2D eigenvalue weighted by Crippen LogP contribution is -2.51. The summed E-state index contributed by atoms with van der Waals surface area (Å²) in [6.45, 7) is 5.24. The highest BCUT2D eigenvalue weighted by atomic mass is 127. The summed E-state index contributed by atoms with van der Waals surface area (Å²) in [4.78, 5) is 35.6. The zero-order valence-corrected chi connectivity index (χ0v) is 22.3. The van der Waals surface area contributed by atoms with Crippen molar-refractivity contribution in [2.45, 2.75) is 102 Å². The lowest BCUT2D eigenvalue weighted by atomic mass is 9.80. The fourth-order valence-corrected chi connectivity index (χ4v) is 4.87. The van der Waals surface area contributed by atoms with Gasteiger partial charge in [0.05, 0.1) is 12.1 Å². The Morgan fingerprint density at radius 2 is 1.48 bits per heavy atom. The minimum Gasteiger partial charge on any atom is -0.444 e. The number of rotatable bonds is 10. The van der Waals surface area contributed by atoms with Gasteiger partial charge in [0.1, 0.15) is 5.60 Å². The van der Waals surface area contributed by atoms with E-state index in [1.165, 1.54) is 19.3 Å². The van der Waals surface area contributed by atoms with E-state index in [2.05, 4.69) is 8.46 Å². The molecule has 0 aromatic rings. The number of hydrogen-bond donors (Lipinski definition) is 5. The molecule has 2 saturated carbocycles. The van der Waals surface area contributed by atoms with E-state index in [1.807, 2.05) is 4.93 Å². The Labute approximate surface area is 206 Å². The number of ether oxygens (including phenoxy) is 1. The first kappa shape index (κ1) is 29.7. The SMILES string of the molecule is CC(C)(C)OC(=O)NC(CC1CCC1)C(O)C(N)=O.CI=NC(CC1CCC1)C(O)C(N)=O. The number of nitrogens with one attached hydrogen (secondary N) is 1. The van der Waals surface area contributed by atoms with Crippen LogP contribution in [0.1, 0.15) is 72.1 Å². The van der Waals surface area contributed by atoms with Crippen molar-refractivity contribution in [3.05, 3.63) is 0 Å². The third-order valence-corrected chi connectivity index (χ3v) is 7.14. The molecule has 192 valence electrons. The maximum Gasteiger partial charge on any atom is 0.407 e. The first-order valence-electron chi connectivity index (χ1n) is 11.5.